The first-order valence-electron chi connectivity index (χ1n) is 10.6. The molecule has 2 aliphatic carbocycles. The summed E-state index contributed by atoms with van der Waals surface area (Å²) < 4.78 is 14.9. The third-order valence-electron chi connectivity index (χ3n) is 6.71. The monoisotopic (exact) mass is 414 g/mol. The predicted octanol–water partition coefficient (Wildman–Crippen LogP) is 4.58. The molecule has 156 valence electrons. The fourth-order valence-electron chi connectivity index (χ4n) is 4.85. The number of aryl methyl sites for hydroxylation is 1. The lowest BCUT2D eigenvalue weighted by Crippen LogP contribution is -2.23. The van der Waals surface area contributed by atoms with Crippen molar-refractivity contribution < 1.29 is 9.50 Å². The van der Waals surface area contributed by atoms with Crippen molar-refractivity contribution >= 4 is 11.6 Å². The summed E-state index contributed by atoms with van der Waals surface area (Å²) in [6.07, 6.45) is 5.88. The Morgan fingerprint density at radius 2 is 2.06 bits per heavy atom. The van der Waals surface area contributed by atoms with Crippen LogP contribution in [0.4, 0.5) is 16.0 Å². The maximum atomic E-state index is 14.9. The molecule has 0 fully saturated rings. The van der Waals surface area contributed by atoms with Gasteiger partial charge in [0, 0.05) is 17.2 Å². The van der Waals surface area contributed by atoms with Gasteiger partial charge in [-0.2, -0.15) is 5.26 Å². The Bertz CT molecular complexity index is 1230. The Balaban J connectivity index is 1.52. The molecule has 1 heterocycles. The predicted molar refractivity (Wildman–Crippen MR) is 117 cm³/mol. The summed E-state index contributed by atoms with van der Waals surface area (Å²) >= 11 is 0. The molecule has 31 heavy (non-hydrogen) atoms. The van der Waals surface area contributed by atoms with Gasteiger partial charge in [-0.1, -0.05) is 13.0 Å². The molecule has 2 N–H and O–H groups in total. The number of benzene rings is 2. The van der Waals surface area contributed by atoms with Gasteiger partial charge in [0.2, 0.25) is 5.95 Å². The zero-order valence-electron chi connectivity index (χ0n) is 17.4. The van der Waals surface area contributed by atoms with Crippen LogP contribution in [0.1, 0.15) is 47.6 Å². The fraction of sp³-hybridized carbons (Fsp3) is 0.320. The summed E-state index contributed by atoms with van der Waals surface area (Å²) in [5.41, 5.74) is 5.92. The Labute approximate surface area is 180 Å². The highest BCUT2D eigenvalue weighted by Gasteiger charge is 2.35. The van der Waals surface area contributed by atoms with E-state index in [0.717, 1.165) is 59.9 Å². The van der Waals surface area contributed by atoms with E-state index in [9.17, 15) is 14.8 Å². The van der Waals surface area contributed by atoms with Gasteiger partial charge in [-0.05, 0) is 78.6 Å². The Kier molecular flexibility index (Phi) is 4.71. The van der Waals surface area contributed by atoms with Gasteiger partial charge in [-0.25, -0.2) is 14.4 Å². The Hall–Kier alpha value is -3.30. The minimum atomic E-state index is -0.363. The number of anilines is 2. The molecule has 0 saturated heterocycles. The first-order valence-corrected chi connectivity index (χ1v) is 10.6. The maximum Gasteiger partial charge on any atom is 0.227 e. The van der Waals surface area contributed by atoms with Crippen molar-refractivity contribution in [3.05, 3.63) is 70.2 Å². The lowest BCUT2D eigenvalue weighted by Gasteiger charge is -2.23. The van der Waals surface area contributed by atoms with Crippen LogP contribution < -0.4 is 5.32 Å². The number of rotatable bonds is 4. The van der Waals surface area contributed by atoms with E-state index in [2.05, 4.69) is 21.4 Å². The van der Waals surface area contributed by atoms with Crippen molar-refractivity contribution in [2.45, 2.75) is 44.4 Å². The SMILES string of the molecule is CC1(CO)CCc2c(C#N)cc(-c3ccnc(Nc4ccc5c(c4F)CCC5)n3)cc21. The molecule has 0 saturated carbocycles. The zero-order chi connectivity index (χ0) is 21.6. The molecule has 5 rings (SSSR count). The van der Waals surface area contributed by atoms with Crippen LogP contribution in [0.2, 0.25) is 0 Å². The average Bonchev–Trinajstić information content (AvgIpc) is 3.41. The number of aliphatic hydroxyl groups excluding tert-OH is 1. The minimum Gasteiger partial charge on any atom is -0.395 e. The molecule has 6 heteroatoms. The van der Waals surface area contributed by atoms with Gasteiger partial charge < -0.3 is 10.4 Å². The number of nitriles is 1. The van der Waals surface area contributed by atoms with Crippen molar-refractivity contribution in [1.82, 2.24) is 9.97 Å². The molecule has 5 nitrogen and oxygen atoms in total. The maximum absolute atomic E-state index is 14.9. The average molecular weight is 414 g/mol. The molecule has 1 atom stereocenters. The number of halogens is 1. The number of fused-ring (bicyclic) bond motifs is 2. The van der Waals surface area contributed by atoms with E-state index in [1.54, 1.807) is 18.3 Å². The molecular formula is C25H23FN4O. The lowest BCUT2D eigenvalue weighted by atomic mass is 9.83. The van der Waals surface area contributed by atoms with Crippen LogP contribution in [-0.4, -0.2) is 21.7 Å². The largest absolute Gasteiger partial charge is 0.395 e. The number of hydrogen-bond acceptors (Lipinski definition) is 5. The number of hydrogen-bond donors (Lipinski definition) is 2. The molecule has 1 unspecified atom stereocenters. The normalized spacial score (nSPS) is 19.0. The van der Waals surface area contributed by atoms with Crippen LogP contribution in [0.15, 0.2) is 36.5 Å². The van der Waals surface area contributed by atoms with Crippen LogP contribution in [0, 0.1) is 17.1 Å². The molecule has 0 spiro atoms. The van der Waals surface area contributed by atoms with Gasteiger partial charge in [0.05, 0.1) is 29.6 Å². The van der Waals surface area contributed by atoms with E-state index in [0.29, 0.717) is 22.9 Å². The van der Waals surface area contributed by atoms with Gasteiger partial charge >= 0.3 is 0 Å². The molecular weight excluding hydrogens is 391 g/mol. The van der Waals surface area contributed by atoms with Crippen LogP contribution >= 0.6 is 0 Å². The van der Waals surface area contributed by atoms with E-state index in [-0.39, 0.29) is 17.8 Å². The molecule has 0 aliphatic heterocycles. The molecule has 0 bridgehead atoms. The Morgan fingerprint density at radius 3 is 2.87 bits per heavy atom. The highest BCUT2D eigenvalue weighted by molar-refractivity contribution is 5.68. The van der Waals surface area contributed by atoms with Crippen LogP contribution in [-0.2, 0) is 24.7 Å². The minimum absolute atomic E-state index is 0.0303. The van der Waals surface area contributed by atoms with Crippen molar-refractivity contribution in [2.24, 2.45) is 0 Å². The molecule has 2 aliphatic rings. The molecule has 0 amide bonds. The number of aromatic nitrogens is 2. The molecule has 1 aromatic heterocycles. The van der Waals surface area contributed by atoms with Crippen molar-refractivity contribution in [2.75, 3.05) is 11.9 Å². The highest BCUT2D eigenvalue weighted by Crippen LogP contribution is 2.42. The van der Waals surface area contributed by atoms with Crippen LogP contribution in [0.3, 0.4) is 0 Å². The summed E-state index contributed by atoms with van der Waals surface area (Å²) in [4.78, 5) is 8.85. The van der Waals surface area contributed by atoms with E-state index in [1.807, 2.05) is 25.1 Å². The second-order valence-corrected chi connectivity index (χ2v) is 8.69. The third kappa shape index (κ3) is 3.26. The van der Waals surface area contributed by atoms with Gasteiger partial charge in [0.15, 0.2) is 0 Å². The van der Waals surface area contributed by atoms with Gasteiger partial charge in [0.25, 0.3) is 0 Å². The zero-order valence-corrected chi connectivity index (χ0v) is 17.4. The van der Waals surface area contributed by atoms with E-state index >= 15 is 0 Å². The van der Waals surface area contributed by atoms with E-state index < -0.39 is 0 Å². The second kappa shape index (κ2) is 7.44. The third-order valence-corrected chi connectivity index (χ3v) is 6.71. The summed E-state index contributed by atoms with van der Waals surface area (Å²) in [7, 11) is 0. The topological polar surface area (TPSA) is 81.8 Å². The molecule has 3 aromatic rings. The van der Waals surface area contributed by atoms with E-state index in [1.165, 1.54) is 0 Å². The number of nitrogens with one attached hydrogen (secondary N) is 1. The Morgan fingerprint density at radius 1 is 1.19 bits per heavy atom. The summed E-state index contributed by atoms with van der Waals surface area (Å²) in [5.74, 6) is 0.0743. The van der Waals surface area contributed by atoms with Crippen molar-refractivity contribution in [1.29, 1.82) is 5.26 Å². The lowest BCUT2D eigenvalue weighted by molar-refractivity contribution is 0.206. The van der Waals surface area contributed by atoms with Crippen molar-refractivity contribution in [3.63, 3.8) is 0 Å². The quantitative estimate of drug-likeness (QED) is 0.653. The molecule has 2 aromatic carbocycles. The highest BCUT2D eigenvalue weighted by atomic mass is 19.1. The van der Waals surface area contributed by atoms with Gasteiger partial charge in [0.1, 0.15) is 5.82 Å². The van der Waals surface area contributed by atoms with Gasteiger partial charge in [-0.15, -0.1) is 0 Å². The van der Waals surface area contributed by atoms with Crippen LogP contribution in [0.5, 0.6) is 0 Å². The second-order valence-electron chi connectivity index (χ2n) is 8.69. The van der Waals surface area contributed by atoms with Crippen molar-refractivity contribution in [3.8, 4) is 17.3 Å². The molecule has 0 radical (unpaired) electrons. The van der Waals surface area contributed by atoms with E-state index in [4.69, 9.17) is 0 Å². The first kappa shape index (κ1) is 19.7. The van der Waals surface area contributed by atoms with Crippen LogP contribution in [0.25, 0.3) is 11.3 Å². The number of aliphatic hydroxyl groups is 1. The first-order chi connectivity index (χ1) is 15.0. The summed E-state index contributed by atoms with van der Waals surface area (Å²) in [6.45, 7) is 2.05. The smallest absolute Gasteiger partial charge is 0.227 e. The summed E-state index contributed by atoms with van der Waals surface area (Å²) in [5, 5.41) is 22.6. The fourth-order valence-corrected chi connectivity index (χ4v) is 4.85. The summed E-state index contributed by atoms with van der Waals surface area (Å²) in [6, 6.07) is 11.6. The number of nitrogens with zero attached hydrogens (tertiary/aromatic N) is 3. The van der Waals surface area contributed by atoms with Gasteiger partial charge in [-0.3, -0.25) is 0 Å². The standard InChI is InChI=1S/C25H23FN4O/c1-25(14-31)9-7-18-17(13-27)11-16(12-20(18)25)21-8-10-28-24(29-21)30-22-6-5-15-3-2-4-19(15)23(22)26/h5-6,8,10-12,31H,2-4,7,9,14H2,1H3,(H,28,29,30).